The highest BCUT2D eigenvalue weighted by atomic mass is 79.9. The number of nitrogens with one attached hydrogen (secondary N) is 1. The van der Waals surface area contributed by atoms with Gasteiger partial charge in [-0.3, -0.25) is 4.79 Å². The summed E-state index contributed by atoms with van der Waals surface area (Å²) in [6, 6.07) is 20.2. The van der Waals surface area contributed by atoms with Gasteiger partial charge in [0, 0.05) is 16.0 Å². The van der Waals surface area contributed by atoms with Gasteiger partial charge in [-0.15, -0.1) is 0 Å². The molecule has 5 heteroatoms. The summed E-state index contributed by atoms with van der Waals surface area (Å²) in [6.45, 7) is 0. The lowest BCUT2D eigenvalue weighted by Gasteiger charge is -2.28. The second-order valence-electron chi connectivity index (χ2n) is 6.24. The van der Waals surface area contributed by atoms with E-state index in [4.69, 9.17) is 4.74 Å². The van der Waals surface area contributed by atoms with E-state index >= 15 is 0 Å². The van der Waals surface area contributed by atoms with E-state index in [1.807, 2.05) is 48.5 Å². The average molecular weight is 405 g/mol. The van der Waals surface area contributed by atoms with Crippen molar-refractivity contribution in [2.24, 2.45) is 0 Å². The molecule has 126 valence electrons. The molecule has 0 saturated carbocycles. The number of hydrogen-bond donors (Lipinski definition) is 1. The lowest BCUT2D eigenvalue weighted by atomic mass is 9.81. The van der Waals surface area contributed by atoms with Gasteiger partial charge in [0.25, 0.3) is 5.56 Å². The van der Waals surface area contributed by atoms with Crippen molar-refractivity contribution in [3.63, 3.8) is 0 Å². The molecule has 0 saturated heterocycles. The molecule has 3 aromatic carbocycles. The zero-order chi connectivity index (χ0) is 17.7. The summed E-state index contributed by atoms with van der Waals surface area (Å²) in [6.07, 6.45) is 1.38. The number of aromatic nitrogens is 2. The van der Waals surface area contributed by atoms with E-state index < -0.39 is 0 Å². The number of benzene rings is 3. The predicted octanol–water partition coefficient (Wildman–Crippen LogP) is 4.97. The third kappa shape index (κ3) is 2.28. The van der Waals surface area contributed by atoms with Crippen molar-refractivity contribution in [2.45, 2.75) is 5.92 Å². The molecular formula is C21H13BrN2O2. The highest BCUT2D eigenvalue weighted by molar-refractivity contribution is 9.10. The third-order valence-corrected chi connectivity index (χ3v) is 5.30. The van der Waals surface area contributed by atoms with E-state index in [-0.39, 0.29) is 11.5 Å². The summed E-state index contributed by atoms with van der Waals surface area (Å²) in [5, 5.41) is 2.19. The second kappa shape index (κ2) is 5.81. The van der Waals surface area contributed by atoms with Crippen molar-refractivity contribution in [2.75, 3.05) is 0 Å². The summed E-state index contributed by atoms with van der Waals surface area (Å²) < 4.78 is 6.99. The molecule has 1 atom stereocenters. The number of ether oxygens (including phenoxy) is 1. The minimum absolute atomic E-state index is 0.179. The standard InChI is InChI=1S/C21H13BrN2O2/c22-14-8-5-13(6-9-14)17-18-15-4-2-1-3-12(15)7-10-16(18)26-21-19(17)20(25)23-11-24-21/h1-11,17H,(H,23,24,25)/t17-/m1/s1. The molecule has 0 fully saturated rings. The monoisotopic (exact) mass is 404 g/mol. The van der Waals surface area contributed by atoms with Crippen LogP contribution in [0.2, 0.25) is 0 Å². The Balaban J connectivity index is 1.89. The molecule has 26 heavy (non-hydrogen) atoms. The van der Waals surface area contributed by atoms with Crippen LogP contribution in [0, 0.1) is 0 Å². The molecule has 0 spiro atoms. The van der Waals surface area contributed by atoms with Crippen LogP contribution in [0.1, 0.15) is 22.6 Å². The molecule has 0 radical (unpaired) electrons. The molecule has 0 bridgehead atoms. The van der Waals surface area contributed by atoms with Crippen LogP contribution in [0.4, 0.5) is 0 Å². The number of hydrogen-bond acceptors (Lipinski definition) is 3. The van der Waals surface area contributed by atoms with Gasteiger partial charge in [-0.25, -0.2) is 4.98 Å². The van der Waals surface area contributed by atoms with Gasteiger partial charge in [-0.05, 0) is 34.5 Å². The molecule has 5 rings (SSSR count). The smallest absolute Gasteiger partial charge is 0.258 e. The maximum Gasteiger partial charge on any atom is 0.258 e. The second-order valence-corrected chi connectivity index (χ2v) is 7.15. The summed E-state index contributed by atoms with van der Waals surface area (Å²) >= 11 is 3.48. The van der Waals surface area contributed by atoms with E-state index in [1.165, 1.54) is 6.33 Å². The van der Waals surface area contributed by atoms with Crippen LogP contribution in [0.15, 0.2) is 76.3 Å². The summed E-state index contributed by atoms with van der Waals surface area (Å²) in [5.74, 6) is 0.858. The number of aromatic amines is 1. The van der Waals surface area contributed by atoms with Crippen molar-refractivity contribution < 1.29 is 4.74 Å². The van der Waals surface area contributed by atoms with Crippen molar-refractivity contribution in [1.29, 1.82) is 0 Å². The zero-order valence-corrected chi connectivity index (χ0v) is 15.2. The number of H-pyrrole nitrogens is 1. The molecule has 2 heterocycles. The first-order valence-corrected chi connectivity index (χ1v) is 9.04. The minimum atomic E-state index is -0.245. The molecule has 0 unspecified atom stereocenters. The van der Waals surface area contributed by atoms with E-state index in [2.05, 4.69) is 38.0 Å². The quantitative estimate of drug-likeness (QED) is 0.428. The Labute approximate surface area is 157 Å². The topological polar surface area (TPSA) is 55.0 Å². The van der Waals surface area contributed by atoms with Crippen LogP contribution >= 0.6 is 15.9 Å². The number of nitrogens with zero attached hydrogens (tertiary/aromatic N) is 1. The van der Waals surface area contributed by atoms with Gasteiger partial charge in [0.15, 0.2) is 0 Å². The fraction of sp³-hybridized carbons (Fsp3) is 0.0476. The Morgan fingerprint density at radius 3 is 2.62 bits per heavy atom. The fourth-order valence-corrected chi connectivity index (χ4v) is 3.89. The first-order chi connectivity index (χ1) is 12.7. The number of rotatable bonds is 1. The summed E-state index contributed by atoms with van der Waals surface area (Å²) in [4.78, 5) is 19.6. The molecule has 1 N–H and O–H groups in total. The fourth-order valence-electron chi connectivity index (χ4n) is 3.63. The molecule has 4 nitrogen and oxygen atoms in total. The molecule has 4 aromatic rings. The van der Waals surface area contributed by atoms with Crippen molar-refractivity contribution in [3.05, 3.63) is 98.5 Å². The van der Waals surface area contributed by atoms with Crippen LogP contribution in [0.5, 0.6) is 11.6 Å². The van der Waals surface area contributed by atoms with Crippen LogP contribution in [-0.2, 0) is 0 Å². The Bertz CT molecular complexity index is 1200. The van der Waals surface area contributed by atoms with Crippen molar-refractivity contribution >= 4 is 26.7 Å². The third-order valence-electron chi connectivity index (χ3n) is 4.77. The maximum absolute atomic E-state index is 12.7. The van der Waals surface area contributed by atoms with Crippen LogP contribution < -0.4 is 10.3 Å². The lowest BCUT2D eigenvalue weighted by Crippen LogP contribution is -2.23. The summed E-state index contributed by atoms with van der Waals surface area (Å²) in [5.41, 5.74) is 2.38. The Kier molecular flexibility index (Phi) is 3.43. The highest BCUT2D eigenvalue weighted by Crippen LogP contribution is 2.47. The maximum atomic E-state index is 12.7. The van der Waals surface area contributed by atoms with Gasteiger partial charge in [0.2, 0.25) is 5.88 Å². The molecular weight excluding hydrogens is 392 g/mol. The van der Waals surface area contributed by atoms with Crippen molar-refractivity contribution in [1.82, 2.24) is 9.97 Å². The van der Waals surface area contributed by atoms with E-state index in [1.54, 1.807) is 0 Å². The molecule has 0 aliphatic carbocycles. The Morgan fingerprint density at radius 1 is 0.962 bits per heavy atom. The largest absolute Gasteiger partial charge is 0.438 e. The van der Waals surface area contributed by atoms with Gasteiger partial charge in [-0.2, -0.15) is 0 Å². The highest BCUT2D eigenvalue weighted by Gasteiger charge is 2.33. The molecule has 1 aliphatic heterocycles. The molecule has 1 aliphatic rings. The first kappa shape index (κ1) is 15.3. The molecule has 1 aromatic heterocycles. The van der Waals surface area contributed by atoms with Crippen LogP contribution in [0.3, 0.4) is 0 Å². The summed E-state index contributed by atoms with van der Waals surface area (Å²) in [7, 11) is 0. The molecule has 0 amide bonds. The van der Waals surface area contributed by atoms with E-state index in [0.717, 1.165) is 32.1 Å². The normalized spacial score (nSPS) is 15.2. The predicted molar refractivity (Wildman–Crippen MR) is 104 cm³/mol. The van der Waals surface area contributed by atoms with Crippen molar-refractivity contribution in [3.8, 4) is 11.6 Å². The Morgan fingerprint density at radius 2 is 1.77 bits per heavy atom. The SMILES string of the molecule is O=c1[nH]cnc2c1[C@H](c1ccc(Br)cc1)c1c(ccc3ccccc13)O2. The van der Waals surface area contributed by atoms with Gasteiger partial charge in [-0.1, -0.05) is 58.4 Å². The average Bonchev–Trinajstić information content (AvgIpc) is 2.67. The van der Waals surface area contributed by atoms with E-state index in [0.29, 0.717) is 11.4 Å². The number of halogens is 1. The van der Waals surface area contributed by atoms with Gasteiger partial charge < -0.3 is 9.72 Å². The first-order valence-electron chi connectivity index (χ1n) is 8.25. The zero-order valence-electron chi connectivity index (χ0n) is 13.6. The van der Waals surface area contributed by atoms with E-state index in [9.17, 15) is 4.79 Å². The van der Waals surface area contributed by atoms with Gasteiger partial charge >= 0.3 is 0 Å². The lowest BCUT2D eigenvalue weighted by molar-refractivity contribution is 0.431. The number of fused-ring (bicyclic) bond motifs is 4. The van der Waals surface area contributed by atoms with Crippen LogP contribution in [-0.4, -0.2) is 9.97 Å². The Hall–Kier alpha value is -2.92. The van der Waals surface area contributed by atoms with Crippen LogP contribution in [0.25, 0.3) is 10.8 Å². The minimum Gasteiger partial charge on any atom is -0.438 e. The van der Waals surface area contributed by atoms with Gasteiger partial charge in [0.05, 0.1) is 11.9 Å². The van der Waals surface area contributed by atoms with Gasteiger partial charge in [0.1, 0.15) is 5.75 Å².